The Labute approximate surface area is 503 Å². The van der Waals surface area contributed by atoms with Gasteiger partial charge in [-0.15, -0.1) is 0 Å². The average Bonchev–Trinajstić information content (AvgIpc) is 3.46. The molecule has 0 aliphatic heterocycles. The Balaban J connectivity index is 4.15. The van der Waals surface area contributed by atoms with Crippen molar-refractivity contribution in [3.8, 4) is 0 Å². The van der Waals surface area contributed by atoms with Gasteiger partial charge in [-0.2, -0.15) is 0 Å². The van der Waals surface area contributed by atoms with Crippen LogP contribution in [-0.4, -0.2) is 37.2 Å². The van der Waals surface area contributed by atoms with E-state index in [4.69, 9.17) is 14.2 Å². The summed E-state index contributed by atoms with van der Waals surface area (Å²) in [4.78, 5) is 38.4. The first-order chi connectivity index (χ1) is 40.0. The molecule has 0 rings (SSSR count). The summed E-state index contributed by atoms with van der Waals surface area (Å²) in [6, 6.07) is 0. The Morgan fingerprint density at radius 1 is 0.259 bits per heavy atom. The van der Waals surface area contributed by atoms with E-state index in [1.807, 2.05) is 0 Å². The predicted molar refractivity (Wildman–Crippen MR) is 353 cm³/mol. The normalized spacial score (nSPS) is 12.6. The molecule has 0 N–H and O–H groups in total. The molecule has 0 aliphatic rings. The van der Waals surface area contributed by atoms with Gasteiger partial charge in [0.05, 0.1) is 0 Å². The Kier molecular flexibility index (Phi) is 66.2. The lowest BCUT2D eigenvalue weighted by atomic mass is 10.0. The molecule has 0 spiro atoms. The number of allylic oxidation sites excluding steroid dienone is 14. The van der Waals surface area contributed by atoms with Crippen LogP contribution in [-0.2, 0) is 28.6 Å². The molecular weight excluding hydrogens is 997 g/mol. The second-order valence-electron chi connectivity index (χ2n) is 23.4. The second-order valence-corrected chi connectivity index (χ2v) is 23.4. The molecule has 6 heteroatoms. The molecule has 1 atom stereocenters. The highest BCUT2D eigenvalue weighted by molar-refractivity contribution is 5.71. The third-order valence-corrected chi connectivity index (χ3v) is 15.3. The molecule has 0 bridgehead atoms. The van der Waals surface area contributed by atoms with E-state index in [9.17, 15) is 14.4 Å². The Bertz CT molecular complexity index is 1530. The van der Waals surface area contributed by atoms with E-state index in [2.05, 4.69) is 106 Å². The van der Waals surface area contributed by atoms with E-state index < -0.39 is 6.10 Å². The van der Waals surface area contributed by atoms with E-state index in [0.717, 1.165) is 109 Å². The molecule has 0 radical (unpaired) electrons. The SMILES string of the molecule is CC/C=C\C/C=C\C/C=C\C/C=C\CCCCCCCCCCCCCCCCCCCCCCC(=O)OCC(COC(=O)CCCCCCC/C=C\C/C=C\CCC)OC(=O)CCCCCCCCC/C=C\CCCCCCCC. The summed E-state index contributed by atoms with van der Waals surface area (Å²) < 4.78 is 16.9. The fourth-order valence-corrected chi connectivity index (χ4v) is 10.1. The minimum absolute atomic E-state index is 0.0785. The minimum Gasteiger partial charge on any atom is -0.462 e. The standard InChI is InChI=1S/C75H132O6/c1-4-7-10-13-16-19-22-25-27-29-30-31-32-33-34-35-36-37-38-39-40-41-42-43-44-46-47-50-53-56-59-62-65-68-74(77)80-71-72(70-79-73(76)67-64-61-58-55-52-49-24-21-18-15-12-9-6-3)81-75(78)69-66-63-60-57-54-51-48-45-28-26-23-20-17-14-11-8-5-2/h7,10,12,15-16,19,21,24-28,30-31,72H,4-6,8-9,11,13-14,17-18,20,22-23,29,32-71H2,1-3H3/b10-7-,15-12-,19-16-,24-21-,27-25-,28-26-,31-30-. The molecule has 0 aromatic heterocycles. The number of unbranched alkanes of at least 4 members (excludes halogenated alkanes) is 39. The Hall–Kier alpha value is -3.41. The van der Waals surface area contributed by atoms with Crippen molar-refractivity contribution in [2.45, 2.75) is 361 Å². The summed E-state index contributed by atoms with van der Waals surface area (Å²) >= 11 is 0. The number of esters is 3. The van der Waals surface area contributed by atoms with Gasteiger partial charge < -0.3 is 14.2 Å². The van der Waals surface area contributed by atoms with Gasteiger partial charge in [0.25, 0.3) is 0 Å². The van der Waals surface area contributed by atoms with Gasteiger partial charge >= 0.3 is 17.9 Å². The quantitative estimate of drug-likeness (QED) is 0.0261. The van der Waals surface area contributed by atoms with Gasteiger partial charge in [0.1, 0.15) is 13.2 Å². The molecule has 468 valence electrons. The first-order valence-corrected chi connectivity index (χ1v) is 35.1. The Morgan fingerprint density at radius 2 is 0.506 bits per heavy atom. The molecule has 0 saturated carbocycles. The van der Waals surface area contributed by atoms with Crippen molar-refractivity contribution >= 4 is 17.9 Å². The Morgan fingerprint density at radius 3 is 0.815 bits per heavy atom. The molecule has 0 fully saturated rings. The minimum atomic E-state index is -0.783. The van der Waals surface area contributed by atoms with E-state index >= 15 is 0 Å². The fourth-order valence-electron chi connectivity index (χ4n) is 10.1. The van der Waals surface area contributed by atoms with Crippen LogP contribution in [0.1, 0.15) is 355 Å². The number of ether oxygens (including phenoxy) is 3. The van der Waals surface area contributed by atoms with E-state index in [0.29, 0.717) is 19.3 Å². The first-order valence-electron chi connectivity index (χ1n) is 35.1. The molecule has 1 unspecified atom stereocenters. The lowest BCUT2D eigenvalue weighted by Crippen LogP contribution is -2.30. The molecule has 0 amide bonds. The van der Waals surface area contributed by atoms with Crippen molar-refractivity contribution in [2.24, 2.45) is 0 Å². The van der Waals surface area contributed by atoms with E-state index in [1.165, 1.54) is 205 Å². The molecule has 0 saturated heterocycles. The number of rotatable bonds is 64. The predicted octanol–water partition coefficient (Wildman–Crippen LogP) is 24.2. The summed E-state index contributed by atoms with van der Waals surface area (Å²) in [6.07, 6.45) is 91.9. The van der Waals surface area contributed by atoms with Crippen LogP contribution in [0.25, 0.3) is 0 Å². The highest BCUT2D eigenvalue weighted by Crippen LogP contribution is 2.18. The van der Waals surface area contributed by atoms with Gasteiger partial charge in [-0.3, -0.25) is 14.4 Å². The number of hydrogen-bond acceptors (Lipinski definition) is 6. The lowest BCUT2D eigenvalue weighted by molar-refractivity contribution is -0.167. The molecule has 6 nitrogen and oxygen atoms in total. The average molecular weight is 1130 g/mol. The van der Waals surface area contributed by atoms with Crippen molar-refractivity contribution in [1.82, 2.24) is 0 Å². The van der Waals surface area contributed by atoms with Gasteiger partial charge in [0, 0.05) is 19.3 Å². The van der Waals surface area contributed by atoms with Gasteiger partial charge in [0.2, 0.25) is 0 Å². The van der Waals surface area contributed by atoms with Crippen molar-refractivity contribution < 1.29 is 28.6 Å². The fraction of sp³-hybridized carbons (Fsp3) is 0.773. The van der Waals surface area contributed by atoms with Crippen LogP contribution in [0.15, 0.2) is 85.1 Å². The number of carbonyl (C=O) groups is 3. The van der Waals surface area contributed by atoms with Crippen LogP contribution in [0.4, 0.5) is 0 Å². The topological polar surface area (TPSA) is 78.9 Å². The zero-order valence-electron chi connectivity index (χ0n) is 53.8. The van der Waals surface area contributed by atoms with Gasteiger partial charge in [-0.25, -0.2) is 0 Å². The maximum Gasteiger partial charge on any atom is 0.306 e. The van der Waals surface area contributed by atoms with Gasteiger partial charge in [-0.05, 0) is 109 Å². The van der Waals surface area contributed by atoms with Crippen molar-refractivity contribution in [1.29, 1.82) is 0 Å². The highest BCUT2D eigenvalue weighted by Gasteiger charge is 2.19. The molecule has 0 aromatic carbocycles. The highest BCUT2D eigenvalue weighted by atomic mass is 16.6. The van der Waals surface area contributed by atoms with Crippen molar-refractivity contribution in [3.05, 3.63) is 85.1 Å². The summed E-state index contributed by atoms with van der Waals surface area (Å²) in [6.45, 7) is 6.49. The van der Waals surface area contributed by atoms with Gasteiger partial charge in [0.15, 0.2) is 6.10 Å². The smallest absolute Gasteiger partial charge is 0.306 e. The van der Waals surface area contributed by atoms with Crippen LogP contribution in [0.2, 0.25) is 0 Å². The molecule has 0 heterocycles. The summed E-state index contributed by atoms with van der Waals surface area (Å²) in [5, 5.41) is 0. The maximum absolute atomic E-state index is 12.9. The summed E-state index contributed by atoms with van der Waals surface area (Å²) in [5.41, 5.74) is 0. The third-order valence-electron chi connectivity index (χ3n) is 15.3. The van der Waals surface area contributed by atoms with Crippen LogP contribution < -0.4 is 0 Å². The molecule has 0 aromatic rings. The lowest BCUT2D eigenvalue weighted by Gasteiger charge is -2.18. The first kappa shape index (κ1) is 77.6. The van der Waals surface area contributed by atoms with Crippen LogP contribution in [0, 0.1) is 0 Å². The van der Waals surface area contributed by atoms with E-state index in [1.54, 1.807) is 0 Å². The maximum atomic E-state index is 12.9. The molecule has 81 heavy (non-hydrogen) atoms. The number of carbonyl (C=O) groups excluding carboxylic acids is 3. The largest absolute Gasteiger partial charge is 0.462 e. The van der Waals surface area contributed by atoms with Crippen molar-refractivity contribution in [3.63, 3.8) is 0 Å². The number of hydrogen-bond donors (Lipinski definition) is 0. The monoisotopic (exact) mass is 1130 g/mol. The summed E-state index contributed by atoms with van der Waals surface area (Å²) in [7, 11) is 0. The molecular formula is C75H132O6. The van der Waals surface area contributed by atoms with Gasteiger partial charge in [-0.1, -0.05) is 311 Å². The van der Waals surface area contributed by atoms with E-state index in [-0.39, 0.29) is 31.1 Å². The zero-order chi connectivity index (χ0) is 58.5. The third kappa shape index (κ3) is 67.3. The zero-order valence-corrected chi connectivity index (χ0v) is 53.8. The summed E-state index contributed by atoms with van der Waals surface area (Å²) in [5.74, 6) is -0.880. The van der Waals surface area contributed by atoms with Crippen LogP contribution >= 0.6 is 0 Å². The second kappa shape index (κ2) is 69.1. The van der Waals surface area contributed by atoms with Crippen molar-refractivity contribution in [2.75, 3.05) is 13.2 Å². The molecule has 0 aliphatic carbocycles. The van der Waals surface area contributed by atoms with Crippen LogP contribution in [0.3, 0.4) is 0 Å². The van der Waals surface area contributed by atoms with Crippen LogP contribution in [0.5, 0.6) is 0 Å².